The van der Waals surface area contributed by atoms with Gasteiger partial charge >= 0.3 is 39.5 Å². The van der Waals surface area contributed by atoms with Crippen molar-refractivity contribution < 1.29 is 80.2 Å². The summed E-state index contributed by atoms with van der Waals surface area (Å²) in [5.41, 5.74) is 0. The number of unbranched alkanes of at least 4 members (excludes halogenated alkanes) is 56. The molecule has 0 spiro atoms. The summed E-state index contributed by atoms with van der Waals surface area (Å²) in [6, 6.07) is 0. The predicted octanol–water partition coefficient (Wildman–Crippen LogP) is 25.6. The standard InChI is InChI=1S/C84H164O17P2/c1-6-9-12-15-18-21-23-25-27-29-31-32-34-36-38-40-45-49-54-59-64-69-83(88)101-80(74-95-82(87)68-63-58-53-48-44-39-37-35-33-30-28-26-24-22-19-16-13-10-7-2)76-99-103(92,93)97-72-78(85)71-96-102(90,91)98-75-79(73-94-81(86)67-62-57-52-20-17-14-11-8-3)100-84(89)70-65-60-55-50-46-42-41-43-47-51-56-61-66-77(4)5/h77-80,85H,6-76H2,1-5H3,(H,90,91)(H,92,93)/t78-,79+,80+/m0/s1. The minimum Gasteiger partial charge on any atom is -0.462 e. The molecule has 0 heterocycles. The summed E-state index contributed by atoms with van der Waals surface area (Å²) in [5, 5.41) is 10.6. The zero-order chi connectivity index (χ0) is 75.5. The van der Waals surface area contributed by atoms with Gasteiger partial charge in [0.05, 0.1) is 26.4 Å². The van der Waals surface area contributed by atoms with Crippen LogP contribution >= 0.6 is 15.6 Å². The highest BCUT2D eigenvalue weighted by Crippen LogP contribution is 2.45. The van der Waals surface area contributed by atoms with E-state index in [1.165, 1.54) is 270 Å². The van der Waals surface area contributed by atoms with E-state index in [2.05, 4.69) is 34.6 Å². The maximum atomic E-state index is 13.1. The van der Waals surface area contributed by atoms with E-state index in [0.717, 1.165) is 102 Å². The Labute approximate surface area is 632 Å². The molecule has 17 nitrogen and oxygen atoms in total. The maximum absolute atomic E-state index is 13.1. The number of ether oxygens (including phenoxy) is 4. The Morgan fingerprint density at radius 3 is 0.660 bits per heavy atom. The molecule has 0 radical (unpaired) electrons. The number of phosphoric ester groups is 2. The monoisotopic (exact) mass is 1510 g/mol. The summed E-state index contributed by atoms with van der Waals surface area (Å²) in [7, 11) is -9.92. The molecule has 0 fully saturated rings. The maximum Gasteiger partial charge on any atom is 0.472 e. The lowest BCUT2D eigenvalue weighted by molar-refractivity contribution is -0.161. The van der Waals surface area contributed by atoms with Crippen LogP contribution in [0.3, 0.4) is 0 Å². The van der Waals surface area contributed by atoms with Gasteiger partial charge in [-0.1, -0.05) is 401 Å². The van der Waals surface area contributed by atoms with Gasteiger partial charge in [-0.2, -0.15) is 0 Å². The van der Waals surface area contributed by atoms with Crippen molar-refractivity contribution in [1.29, 1.82) is 0 Å². The molecular formula is C84H164O17P2. The van der Waals surface area contributed by atoms with Crippen molar-refractivity contribution in [3.63, 3.8) is 0 Å². The number of aliphatic hydroxyl groups excluding tert-OH is 1. The van der Waals surface area contributed by atoms with Gasteiger partial charge in [-0.3, -0.25) is 37.3 Å². The number of carbonyl (C=O) groups excluding carboxylic acids is 4. The average molecular weight is 1510 g/mol. The number of hydrogen-bond acceptors (Lipinski definition) is 15. The topological polar surface area (TPSA) is 237 Å². The normalized spacial score (nSPS) is 13.8. The Balaban J connectivity index is 5.18. The summed E-state index contributed by atoms with van der Waals surface area (Å²) < 4.78 is 68.7. The second-order valence-electron chi connectivity index (χ2n) is 30.7. The van der Waals surface area contributed by atoms with Gasteiger partial charge in [-0.15, -0.1) is 0 Å². The SMILES string of the molecule is CCCCCCCCCCCCCCCCCCCCCCCC(=O)O[C@H](COC(=O)CCCCCCCCCCCCCCCCCCCCC)COP(=O)(O)OC[C@@H](O)COP(=O)(O)OC[C@@H](COC(=O)CCCCCCCCCC)OC(=O)CCCCCCCCCCCCCCC(C)C. The molecule has 0 aliphatic heterocycles. The number of aliphatic hydroxyl groups is 1. The molecule has 0 amide bonds. The molecular weight excluding hydrogens is 1340 g/mol. The highest BCUT2D eigenvalue weighted by Gasteiger charge is 2.30. The van der Waals surface area contributed by atoms with Crippen LogP contribution in [0.5, 0.6) is 0 Å². The number of esters is 4. The molecule has 19 heteroatoms. The Morgan fingerprint density at radius 2 is 0.447 bits per heavy atom. The van der Waals surface area contributed by atoms with E-state index >= 15 is 0 Å². The first kappa shape index (κ1) is 101. The van der Waals surface area contributed by atoms with E-state index in [9.17, 15) is 43.2 Å². The Bertz CT molecular complexity index is 1960. The summed E-state index contributed by atoms with van der Waals surface area (Å²) in [6.45, 7) is 7.33. The zero-order valence-electron chi connectivity index (χ0n) is 67.5. The lowest BCUT2D eigenvalue weighted by Crippen LogP contribution is -2.30. The summed E-state index contributed by atoms with van der Waals surface area (Å²) >= 11 is 0. The fraction of sp³-hybridized carbons (Fsp3) is 0.952. The van der Waals surface area contributed by atoms with Gasteiger partial charge in [0, 0.05) is 25.7 Å². The number of hydrogen-bond donors (Lipinski definition) is 3. The predicted molar refractivity (Wildman–Crippen MR) is 423 cm³/mol. The largest absolute Gasteiger partial charge is 0.472 e. The van der Waals surface area contributed by atoms with Crippen LogP contribution in [0.4, 0.5) is 0 Å². The highest BCUT2D eigenvalue weighted by atomic mass is 31.2. The van der Waals surface area contributed by atoms with E-state index < -0.39 is 97.5 Å². The Kier molecular flexibility index (Phi) is 75.4. The van der Waals surface area contributed by atoms with Gasteiger partial charge in [-0.05, 0) is 31.6 Å². The van der Waals surface area contributed by atoms with E-state index in [4.69, 9.17) is 37.0 Å². The molecule has 2 unspecified atom stereocenters. The van der Waals surface area contributed by atoms with E-state index in [0.29, 0.717) is 25.7 Å². The Morgan fingerprint density at radius 1 is 0.262 bits per heavy atom. The lowest BCUT2D eigenvalue weighted by Gasteiger charge is -2.21. The fourth-order valence-electron chi connectivity index (χ4n) is 13.1. The number of carbonyl (C=O) groups is 4. The first-order valence-electron chi connectivity index (χ1n) is 43.6. The smallest absolute Gasteiger partial charge is 0.462 e. The van der Waals surface area contributed by atoms with Crippen molar-refractivity contribution in [2.75, 3.05) is 39.6 Å². The number of phosphoric acid groups is 2. The highest BCUT2D eigenvalue weighted by molar-refractivity contribution is 7.47. The third-order valence-electron chi connectivity index (χ3n) is 19.8. The molecule has 5 atom stereocenters. The van der Waals surface area contributed by atoms with Gasteiger partial charge < -0.3 is 33.8 Å². The van der Waals surface area contributed by atoms with Crippen molar-refractivity contribution in [2.24, 2.45) is 5.92 Å². The van der Waals surface area contributed by atoms with Gasteiger partial charge in [0.25, 0.3) is 0 Å². The van der Waals surface area contributed by atoms with Crippen LogP contribution in [0, 0.1) is 5.92 Å². The molecule has 0 saturated heterocycles. The van der Waals surface area contributed by atoms with Crippen LogP contribution in [0.15, 0.2) is 0 Å². The lowest BCUT2D eigenvalue weighted by atomic mass is 10.0. The van der Waals surface area contributed by atoms with Crippen LogP contribution in [0.25, 0.3) is 0 Å². The van der Waals surface area contributed by atoms with Gasteiger partial charge in [0.2, 0.25) is 0 Å². The summed E-state index contributed by atoms with van der Waals surface area (Å²) in [5.74, 6) is -1.33. The minimum atomic E-state index is -4.96. The van der Waals surface area contributed by atoms with Crippen LogP contribution < -0.4 is 0 Å². The van der Waals surface area contributed by atoms with Crippen LogP contribution in [-0.2, 0) is 65.4 Å². The van der Waals surface area contributed by atoms with E-state index in [1.807, 2.05) is 0 Å². The van der Waals surface area contributed by atoms with Crippen molar-refractivity contribution in [1.82, 2.24) is 0 Å². The fourth-order valence-corrected chi connectivity index (χ4v) is 14.7. The molecule has 0 aromatic carbocycles. The summed E-state index contributed by atoms with van der Waals surface area (Å²) in [6.07, 6.45) is 69.6. The molecule has 0 aromatic rings. The van der Waals surface area contributed by atoms with Gasteiger partial charge in [0.15, 0.2) is 12.2 Å². The molecule has 0 aliphatic rings. The van der Waals surface area contributed by atoms with Crippen LogP contribution in [0.2, 0.25) is 0 Å². The van der Waals surface area contributed by atoms with Crippen LogP contribution in [-0.4, -0.2) is 96.7 Å². The molecule has 3 N–H and O–H groups in total. The third kappa shape index (κ3) is 78.0. The molecule has 0 rings (SSSR count). The number of rotatable bonds is 84. The average Bonchev–Trinajstić information content (AvgIpc) is 0.918. The minimum absolute atomic E-state index is 0.107. The second-order valence-corrected chi connectivity index (χ2v) is 33.6. The molecule has 0 aliphatic carbocycles. The second kappa shape index (κ2) is 76.8. The third-order valence-corrected chi connectivity index (χ3v) is 21.7. The Hall–Kier alpha value is -1.94. The first-order valence-corrected chi connectivity index (χ1v) is 46.6. The molecule has 0 aromatic heterocycles. The first-order chi connectivity index (χ1) is 50.0. The van der Waals surface area contributed by atoms with Crippen molar-refractivity contribution in [3.8, 4) is 0 Å². The molecule has 0 bridgehead atoms. The zero-order valence-corrected chi connectivity index (χ0v) is 69.3. The van der Waals surface area contributed by atoms with Crippen molar-refractivity contribution in [3.05, 3.63) is 0 Å². The molecule has 0 saturated carbocycles. The van der Waals surface area contributed by atoms with Crippen LogP contribution in [0.1, 0.15) is 452 Å². The quantitative estimate of drug-likeness (QED) is 0.0222. The molecule has 103 heavy (non-hydrogen) atoms. The van der Waals surface area contributed by atoms with Gasteiger partial charge in [-0.25, -0.2) is 9.13 Å². The van der Waals surface area contributed by atoms with E-state index in [1.54, 1.807) is 0 Å². The molecule has 612 valence electrons. The van der Waals surface area contributed by atoms with Gasteiger partial charge in [0.1, 0.15) is 19.3 Å². The van der Waals surface area contributed by atoms with Crippen molar-refractivity contribution in [2.45, 2.75) is 470 Å². The van der Waals surface area contributed by atoms with Crippen molar-refractivity contribution >= 4 is 39.5 Å². The summed E-state index contributed by atoms with van der Waals surface area (Å²) in [4.78, 5) is 73.0. The van der Waals surface area contributed by atoms with E-state index in [-0.39, 0.29) is 25.7 Å².